The average Bonchev–Trinajstić information content (AvgIpc) is 2.50. The molecular formula is C16H14Cl2N2O3. The van der Waals surface area contributed by atoms with Gasteiger partial charge in [-0.2, -0.15) is 0 Å². The molecule has 0 aromatic heterocycles. The van der Waals surface area contributed by atoms with Crippen molar-refractivity contribution in [1.82, 2.24) is 0 Å². The Bertz CT molecular complexity index is 736. The van der Waals surface area contributed by atoms with Gasteiger partial charge in [-0.15, -0.1) is 0 Å². The van der Waals surface area contributed by atoms with E-state index in [2.05, 4.69) is 5.32 Å². The molecule has 120 valence electrons. The van der Waals surface area contributed by atoms with Crippen molar-refractivity contribution in [3.8, 4) is 5.75 Å². The Morgan fingerprint density at radius 3 is 2.39 bits per heavy atom. The van der Waals surface area contributed by atoms with Crippen LogP contribution in [0.4, 0.5) is 5.69 Å². The first kappa shape index (κ1) is 17.1. The van der Waals surface area contributed by atoms with Crippen LogP contribution >= 0.6 is 23.2 Å². The maximum absolute atomic E-state index is 12.2. The highest BCUT2D eigenvalue weighted by molar-refractivity contribution is 6.38. The second kappa shape index (κ2) is 7.35. The standard InChI is InChI=1S/C16H14Cl2N2O3/c1-9(23-10-5-3-2-4-6-10)16(22)20-14-7-11(15(19)21)12(17)8-13(14)18/h2-9H,1H3,(H2,19,21)(H,20,22). The normalized spacial score (nSPS) is 11.6. The maximum atomic E-state index is 12.2. The van der Waals surface area contributed by atoms with E-state index in [9.17, 15) is 9.59 Å². The molecule has 2 aromatic rings. The molecule has 1 unspecified atom stereocenters. The van der Waals surface area contributed by atoms with Crippen molar-refractivity contribution in [3.05, 3.63) is 58.1 Å². The Kier molecular flexibility index (Phi) is 5.47. The van der Waals surface area contributed by atoms with Crippen LogP contribution in [0.2, 0.25) is 10.0 Å². The summed E-state index contributed by atoms with van der Waals surface area (Å²) in [6.45, 7) is 1.60. The van der Waals surface area contributed by atoms with Crippen LogP contribution in [0.1, 0.15) is 17.3 Å². The van der Waals surface area contributed by atoms with E-state index in [4.69, 9.17) is 33.7 Å². The number of amides is 2. The highest BCUT2D eigenvalue weighted by Gasteiger charge is 2.18. The lowest BCUT2D eigenvalue weighted by Gasteiger charge is -2.16. The molecular weight excluding hydrogens is 339 g/mol. The highest BCUT2D eigenvalue weighted by atomic mass is 35.5. The molecule has 0 aliphatic rings. The first-order chi connectivity index (χ1) is 10.9. The smallest absolute Gasteiger partial charge is 0.265 e. The minimum atomic E-state index is -0.763. The zero-order valence-corrected chi connectivity index (χ0v) is 13.7. The number of halogens is 2. The van der Waals surface area contributed by atoms with Crippen molar-refractivity contribution < 1.29 is 14.3 Å². The van der Waals surface area contributed by atoms with Gasteiger partial charge in [0.15, 0.2) is 6.10 Å². The van der Waals surface area contributed by atoms with E-state index in [-0.39, 0.29) is 21.3 Å². The number of anilines is 1. The molecule has 0 aliphatic heterocycles. The SMILES string of the molecule is CC(Oc1ccccc1)C(=O)Nc1cc(C(N)=O)c(Cl)cc1Cl. The van der Waals surface area contributed by atoms with Crippen LogP contribution in [0.5, 0.6) is 5.75 Å². The number of ether oxygens (including phenoxy) is 1. The number of rotatable bonds is 5. The van der Waals surface area contributed by atoms with Crippen LogP contribution in [-0.4, -0.2) is 17.9 Å². The summed E-state index contributed by atoms with van der Waals surface area (Å²) >= 11 is 11.9. The number of carbonyl (C=O) groups excluding carboxylic acids is 2. The van der Waals surface area contributed by atoms with Crippen LogP contribution in [0, 0.1) is 0 Å². The molecule has 7 heteroatoms. The molecule has 0 radical (unpaired) electrons. The zero-order chi connectivity index (χ0) is 17.0. The Morgan fingerprint density at radius 1 is 1.13 bits per heavy atom. The Balaban J connectivity index is 2.13. The summed E-state index contributed by atoms with van der Waals surface area (Å²) in [5.41, 5.74) is 5.53. The van der Waals surface area contributed by atoms with Gasteiger partial charge in [0.1, 0.15) is 5.75 Å². The number of primary amides is 1. The van der Waals surface area contributed by atoms with Crippen molar-refractivity contribution in [2.75, 3.05) is 5.32 Å². The van der Waals surface area contributed by atoms with E-state index in [0.29, 0.717) is 5.75 Å². The third-order valence-corrected chi connectivity index (χ3v) is 3.63. The summed E-state index contributed by atoms with van der Waals surface area (Å²) in [6.07, 6.45) is -0.763. The van der Waals surface area contributed by atoms with Gasteiger partial charge in [-0.3, -0.25) is 9.59 Å². The summed E-state index contributed by atoms with van der Waals surface area (Å²) in [5, 5.41) is 2.90. The van der Waals surface area contributed by atoms with E-state index in [1.807, 2.05) is 6.07 Å². The Hall–Kier alpha value is -2.24. The fraction of sp³-hybridized carbons (Fsp3) is 0.125. The molecule has 0 saturated carbocycles. The van der Waals surface area contributed by atoms with Gasteiger partial charge in [-0.25, -0.2) is 0 Å². The summed E-state index contributed by atoms with van der Waals surface area (Å²) in [6, 6.07) is 11.6. The molecule has 0 spiro atoms. The van der Waals surface area contributed by atoms with Crippen molar-refractivity contribution in [2.45, 2.75) is 13.0 Å². The summed E-state index contributed by atoms with van der Waals surface area (Å²) < 4.78 is 5.52. The first-order valence-electron chi connectivity index (χ1n) is 6.70. The molecule has 2 aromatic carbocycles. The number of hydrogen-bond donors (Lipinski definition) is 2. The lowest BCUT2D eigenvalue weighted by atomic mass is 10.2. The molecule has 1 atom stereocenters. The van der Waals surface area contributed by atoms with Gasteiger partial charge >= 0.3 is 0 Å². The monoisotopic (exact) mass is 352 g/mol. The molecule has 0 aliphatic carbocycles. The second-order valence-electron chi connectivity index (χ2n) is 4.74. The number of hydrogen-bond acceptors (Lipinski definition) is 3. The van der Waals surface area contributed by atoms with Gasteiger partial charge in [0.05, 0.1) is 21.3 Å². The molecule has 2 rings (SSSR count). The number of nitrogens with two attached hydrogens (primary N) is 1. The molecule has 0 bridgehead atoms. The van der Waals surface area contributed by atoms with Crippen LogP contribution in [0.3, 0.4) is 0 Å². The van der Waals surface area contributed by atoms with Crippen LogP contribution in [0.15, 0.2) is 42.5 Å². The fourth-order valence-electron chi connectivity index (χ4n) is 1.82. The summed E-state index contributed by atoms with van der Waals surface area (Å²) in [7, 11) is 0. The second-order valence-corrected chi connectivity index (χ2v) is 5.55. The third kappa shape index (κ3) is 4.37. The molecule has 0 fully saturated rings. The van der Waals surface area contributed by atoms with Crippen molar-refractivity contribution in [2.24, 2.45) is 5.73 Å². The predicted octanol–water partition coefficient (Wildman–Crippen LogP) is 3.50. The first-order valence-corrected chi connectivity index (χ1v) is 7.45. The molecule has 23 heavy (non-hydrogen) atoms. The number of carbonyl (C=O) groups is 2. The van der Waals surface area contributed by atoms with E-state index in [1.165, 1.54) is 12.1 Å². The fourth-order valence-corrected chi connectivity index (χ4v) is 2.35. The Morgan fingerprint density at radius 2 is 1.78 bits per heavy atom. The summed E-state index contributed by atoms with van der Waals surface area (Å²) in [4.78, 5) is 23.5. The minimum Gasteiger partial charge on any atom is -0.481 e. The number of para-hydroxylation sites is 1. The van der Waals surface area contributed by atoms with Crippen LogP contribution in [-0.2, 0) is 4.79 Å². The maximum Gasteiger partial charge on any atom is 0.265 e. The van der Waals surface area contributed by atoms with Gasteiger partial charge in [0, 0.05) is 0 Å². The highest BCUT2D eigenvalue weighted by Crippen LogP contribution is 2.29. The average molecular weight is 353 g/mol. The van der Waals surface area contributed by atoms with E-state index in [0.717, 1.165) is 0 Å². The summed E-state index contributed by atoms with van der Waals surface area (Å²) in [5.74, 6) is -0.570. The largest absolute Gasteiger partial charge is 0.481 e. The topological polar surface area (TPSA) is 81.4 Å². The Labute approximate surface area is 143 Å². The van der Waals surface area contributed by atoms with Crippen molar-refractivity contribution in [3.63, 3.8) is 0 Å². The molecule has 5 nitrogen and oxygen atoms in total. The minimum absolute atomic E-state index is 0.0722. The molecule has 2 amide bonds. The van der Waals surface area contributed by atoms with Gasteiger partial charge in [-0.05, 0) is 31.2 Å². The van der Waals surface area contributed by atoms with Crippen LogP contribution < -0.4 is 15.8 Å². The third-order valence-electron chi connectivity index (χ3n) is 3.01. The van der Waals surface area contributed by atoms with E-state index in [1.54, 1.807) is 31.2 Å². The van der Waals surface area contributed by atoms with E-state index < -0.39 is 17.9 Å². The predicted molar refractivity (Wildman–Crippen MR) is 90.1 cm³/mol. The number of benzene rings is 2. The molecule has 0 heterocycles. The zero-order valence-electron chi connectivity index (χ0n) is 12.2. The number of nitrogens with one attached hydrogen (secondary N) is 1. The van der Waals surface area contributed by atoms with Gasteiger partial charge < -0.3 is 15.8 Å². The lowest BCUT2D eigenvalue weighted by molar-refractivity contribution is -0.122. The van der Waals surface area contributed by atoms with Gasteiger partial charge in [-0.1, -0.05) is 41.4 Å². The van der Waals surface area contributed by atoms with Crippen molar-refractivity contribution >= 4 is 40.7 Å². The lowest BCUT2D eigenvalue weighted by Crippen LogP contribution is -2.30. The quantitative estimate of drug-likeness (QED) is 0.863. The molecule has 3 N–H and O–H groups in total. The van der Waals surface area contributed by atoms with Gasteiger partial charge in [0.25, 0.3) is 5.91 Å². The van der Waals surface area contributed by atoms with Gasteiger partial charge in [0.2, 0.25) is 5.91 Å². The van der Waals surface area contributed by atoms with Crippen LogP contribution in [0.25, 0.3) is 0 Å². The molecule has 0 saturated heterocycles. The van der Waals surface area contributed by atoms with Crippen molar-refractivity contribution in [1.29, 1.82) is 0 Å². The van der Waals surface area contributed by atoms with E-state index >= 15 is 0 Å².